The van der Waals surface area contributed by atoms with Crippen LogP contribution < -0.4 is 0 Å². The highest BCUT2D eigenvalue weighted by atomic mass is 19.4. The molecule has 0 aliphatic carbocycles. The molecule has 0 aromatic heterocycles. The topological polar surface area (TPSA) is 35.5 Å². The van der Waals surface area contributed by atoms with Gasteiger partial charge >= 0.3 is 12.1 Å². The minimum atomic E-state index is -4.62. The molecule has 0 fully saturated rings. The van der Waals surface area contributed by atoms with Crippen LogP contribution in [-0.2, 0) is 14.3 Å². The Morgan fingerprint density at radius 2 is 1.55 bits per heavy atom. The molecule has 3 nitrogen and oxygen atoms in total. The summed E-state index contributed by atoms with van der Waals surface area (Å²) in [6, 6.07) is 0. The van der Waals surface area contributed by atoms with Crippen LogP contribution in [0.15, 0.2) is 0 Å². The number of rotatable bonds is 11. The van der Waals surface area contributed by atoms with Crippen molar-refractivity contribution in [3.8, 4) is 0 Å². The lowest BCUT2D eigenvalue weighted by molar-refractivity contribution is -0.206. The first-order chi connectivity index (χ1) is 9.43. The van der Waals surface area contributed by atoms with Crippen LogP contribution in [0.4, 0.5) is 13.2 Å². The second kappa shape index (κ2) is 10.9. The van der Waals surface area contributed by atoms with Crippen LogP contribution in [0.2, 0.25) is 0 Å². The van der Waals surface area contributed by atoms with Gasteiger partial charge in [-0.05, 0) is 12.8 Å². The molecule has 0 bridgehead atoms. The quantitative estimate of drug-likeness (QED) is 0.425. The minimum absolute atomic E-state index is 0.0368. The Bertz CT molecular complexity index is 255. The molecule has 120 valence electrons. The Balaban J connectivity index is 4.10. The highest BCUT2D eigenvalue weighted by Crippen LogP contribution is 2.27. The third-order valence-corrected chi connectivity index (χ3v) is 2.85. The predicted octanol–water partition coefficient (Wildman–Crippen LogP) is 4.11. The third kappa shape index (κ3) is 9.18. The van der Waals surface area contributed by atoms with Crippen LogP contribution >= 0.6 is 0 Å². The van der Waals surface area contributed by atoms with Gasteiger partial charge in [-0.25, -0.2) is 0 Å². The summed E-state index contributed by atoms with van der Waals surface area (Å²) in [6.07, 6.45) is 0.283. The smallest absolute Gasteiger partial charge is 0.404 e. The van der Waals surface area contributed by atoms with Gasteiger partial charge in [-0.2, -0.15) is 13.2 Å². The zero-order chi connectivity index (χ0) is 15.4. The van der Waals surface area contributed by atoms with Crippen molar-refractivity contribution in [2.45, 2.75) is 58.5 Å². The molecule has 0 heterocycles. The molecule has 0 saturated heterocycles. The Morgan fingerprint density at radius 3 is 2.05 bits per heavy atom. The zero-order valence-corrected chi connectivity index (χ0v) is 12.3. The molecule has 1 atom stereocenters. The summed E-state index contributed by atoms with van der Waals surface area (Å²) < 4.78 is 47.8. The average Bonchev–Trinajstić information content (AvgIpc) is 2.37. The van der Waals surface area contributed by atoms with E-state index in [-0.39, 0.29) is 13.2 Å². The third-order valence-electron chi connectivity index (χ3n) is 2.85. The van der Waals surface area contributed by atoms with Crippen LogP contribution in [-0.4, -0.2) is 32.0 Å². The first kappa shape index (κ1) is 19.2. The maximum absolute atomic E-state index is 12.7. The van der Waals surface area contributed by atoms with E-state index in [2.05, 4.69) is 4.74 Å². The molecule has 0 aliphatic rings. The monoisotopic (exact) mass is 298 g/mol. The van der Waals surface area contributed by atoms with E-state index < -0.39 is 24.7 Å². The molecule has 0 spiro atoms. The van der Waals surface area contributed by atoms with Crippen molar-refractivity contribution in [1.82, 2.24) is 0 Å². The second-order valence-corrected chi connectivity index (χ2v) is 4.75. The van der Waals surface area contributed by atoms with E-state index in [0.717, 1.165) is 25.7 Å². The average molecular weight is 298 g/mol. The molecule has 0 rings (SSSR count). The number of hydrogen-bond donors (Lipinski definition) is 0. The van der Waals surface area contributed by atoms with Crippen molar-refractivity contribution in [3.05, 3.63) is 0 Å². The number of halogens is 3. The second-order valence-electron chi connectivity index (χ2n) is 4.75. The van der Waals surface area contributed by atoms with Crippen molar-refractivity contribution >= 4 is 5.97 Å². The zero-order valence-electron chi connectivity index (χ0n) is 12.3. The van der Waals surface area contributed by atoms with Crippen LogP contribution in [0.3, 0.4) is 0 Å². The van der Waals surface area contributed by atoms with Crippen LogP contribution in [0.5, 0.6) is 0 Å². The fraction of sp³-hybridized carbons (Fsp3) is 0.929. The van der Waals surface area contributed by atoms with Gasteiger partial charge in [0.25, 0.3) is 0 Å². The lowest BCUT2D eigenvalue weighted by Crippen LogP contribution is -2.36. The fourth-order valence-corrected chi connectivity index (χ4v) is 1.58. The van der Waals surface area contributed by atoms with Gasteiger partial charge in [-0.1, -0.05) is 39.5 Å². The van der Waals surface area contributed by atoms with E-state index in [1.807, 2.05) is 13.8 Å². The molecule has 0 aliphatic heterocycles. The van der Waals surface area contributed by atoms with Gasteiger partial charge in [0, 0.05) is 6.61 Å². The molecular weight excluding hydrogens is 273 g/mol. The summed E-state index contributed by atoms with van der Waals surface area (Å²) in [4.78, 5) is 11.5. The number of ether oxygens (including phenoxy) is 2. The lowest BCUT2D eigenvalue weighted by Gasteiger charge is -2.19. The number of alkyl halides is 3. The van der Waals surface area contributed by atoms with Gasteiger partial charge in [-0.15, -0.1) is 0 Å². The maximum atomic E-state index is 12.7. The predicted molar refractivity (Wildman–Crippen MR) is 70.4 cm³/mol. The molecule has 20 heavy (non-hydrogen) atoms. The highest BCUT2D eigenvalue weighted by molar-refractivity contribution is 5.73. The van der Waals surface area contributed by atoms with Crippen LogP contribution in [0, 0.1) is 5.92 Å². The largest absolute Gasteiger partial charge is 0.465 e. The number of hydrogen-bond acceptors (Lipinski definition) is 3. The van der Waals surface area contributed by atoms with E-state index >= 15 is 0 Å². The Labute approximate surface area is 118 Å². The van der Waals surface area contributed by atoms with Gasteiger partial charge in [0.05, 0.1) is 13.2 Å². The van der Waals surface area contributed by atoms with Gasteiger partial charge in [-0.3, -0.25) is 4.79 Å². The maximum Gasteiger partial charge on any atom is 0.404 e. The molecule has 1 unspecified atom stereocenters. The first-order valence-electron chi connectivity index (χ1n) is 7.24. The van der Waals surface area contributed by atoms with Gasteiger partial charge in [0.1, 0.15) is 0 Å². The molecule has 0 saturated carbocycles. The van der Waals surface area contributed by atoms with Crippen molar-refractivity contribution in [3.63, 3.8) is 0 Å². The lowest BCUT2D eigenvalue weighted by atomic mass is 10.1. The van der Waals surface area contributed by atoms with E-state index in [1.165, 1.54) is 0 Å². The molecule has 0 N–H and O–H groups in total. The van der Waals surface area contributed by atoms with E-state index in [0.29, 0.717) is 12.8 Å². The first-order valence-corrected chi connectivity index (χ1v) is 7.24. The number of unbranched alkanes of at least 4 members (excludes halogenated alkanes) is 4. The molecule has 0 aromatic rings. The molecule has 6 heteroatoms. The molecule has 0 amide bonds. The van der Waals surface area contributed by atoms with Gasteiger partial charge in [0.15, 0.2) is 5.92 Å². The van der Waals surface area contributed by atoms with Gasteiger partial charge in [0.2, 0.25) is 0 Å². The fourth-order valence-electron chi connectivity index (χ4n) is 1.58. The summed E-state index contributed by atoms with van der Waals surface area (Å²) in [5, 5.41) is 0. The minimum Gasteiger partial charge on any atom is -0.465 e. The number of esters is 1. The molecular formula is C14H25F3O3. The van der Waals surface area contributed by atoms with Crippen LogP contribution in [0.1, 0.15) is 52.4 Å². The Hall–Kier alpha value is -0.780. The van der Waals surface area contributed by atoms with Crippen molar-refractivity contribution in [1.29, 1.82) is 0 Å². The van der Waals surface area contributed by atoms with Crippen LogP contribution in [0.25, 0.3) is 0 Å². The summed E-state index contributed by atoms with van der Waals surface area (Å²) in [7, 11) is 0. The summed E-state index contributed by atoms with van der Waals surface area (Å²) >= 11 is 0. The summed E-state index contributed by atoms with van der Waals surface area (Å²) in [6.45, 7) is 3.58. The van der Waals surface area contributed by atoms with E-state index in [9.17, 15) is 18.0 Å². The van der Waals surface area contributed by atoms with E-state index in [1.54, 1.807) is 0 Å². The molecule has 0 aromatic carbocycles. The summed E-state index contributed by atoms with van der Waals surface area (Å²) in [5.74, 6) is -3.41. The SMILES string of the molecule is CCCCCOCC(C(=O)OCCCCC)C(F)(F)F. The molecule has 0 radical (unpaired) electrons. The van der Waals surface area contributed by atoms with Crippen molar-refractivity contribution in [2.24, 2.45) is 5.92 Å². The standard InChI is InChI=1S/C14H25F3O3/c1-3-5-7-9-19-11-12(14(15,16)17)13(18)20-10-8-6-4-2/h12H,3-11H2,1-2H3. The summed E-state index contributed by atoms with van der Waals surface area (Å²) in [5.41, 5.74) is 0. The Morgan fingerprint density at radius 1 is 1.00 bits per heavy atom. The van der Waals surface area contributed by atoms with E-state index in [4.69, 9.17) is 4.74 Å². The normalized spacial score (nSPS) is 13.2. The highest BCUT2D eigenvalue weighted by Gasteiger charge is 2.46. The van der Waals surface area contributed by atoms with Gasteiger partial charge < -0.3 is 9.47 Å². The number of carbonyl (C=O) groups excluding carboxylic acids is 1. The number of carbonyl (C=O) groups is 1. The van der Waals surface area contributed by atoms with Crippen molar-refractivity contribution in [2.75, 3.05) is 19.8 Å². The van der Waals surface area contributed by atoms with Crippen molar-refractivity contribution < 1.29 is 27.4 Å². The Kier molecular flexibility index (Phi) is 10.5.